The molecule has 1 aromatic rings. The van der Waals surface area contributed by atoms with Crippen molar-refractivity contribution in [1.82, 2.24) is 0 Å². The fourth-order valence-corrected chi connectivity index (χ4v) is 6.39. The van der Waals surface area contributed by atoms with Gasteiger partial charge < -0.3 is 14.2 Å². The first-order valence-electron chi connectivity index (χ1n) is 11.1. The number of aryl methyl sites for hydroxylation is 1. The lowest BCUT2D eigenvalue weighted by Crippen LogP contribution is -2.44. The lowest BCUT2D eigenvalue weighted by Gasteiger charge is -2.50. The van der Waals surface area contributed by atoms with Crippen molar-refractivity contribution >= 4 is 6.16 Å². The zero-order chi connectivity index (χ0) is 19.7. The molecule has 0 amide bonds. The Morgan fingerprint density at radius 1 is 1.21 bits per heavy atom. The van der Waals surface area contributed by atoms with E-state index in [1.54, 1.807) is 0 Å². The Kier molecular flexibility index (Phi) is 5.69. The molecule has 0 radical (unpaired) electrons. The largest absolute Gasteiger partial charge is 0.513 e. The molecule has 154 valence electrons. The van der Waals surface area contributed by atoms with Crippen LogP contribution in [0.15, 0.2) is 18.2 Å². The highest BCUT2D eigenvalue weighted by Crippen LogP contribution is 2.61. The molecule has 28 heavy (non-hydrogen) atoms. The van der Waals surface area contributed by atoms with Gasteiger partial charge in [0.1, 0.15) is 5.75 Å². The number of ether oxygens (including phenoxy) is 3. The number of hydrogen-bond donors (Lipinski definition) is 0. The van der Waals surface area contributed by atoms with E-state index in [2.05, 4.69) is 26.0 Å². The molecular weight excluding hydrogens is 352 g/mol. The van der Waals surface area contributed by atoms with Crippen LogP contribution in [0.3, 0.4) is 0 Å². The highest BCUT2D eigenvalue weighted by molar-refractivity contribution is 5.64. The summed E-state index contributed by atoms with van der Waals surface area (Å²) in [5.74, 6) is 2.79. The Morgan fingerprint density at radius 2 is 2.07 bits per heavy atom. The second kappa shape index (κ2) is 8.06. The van der Waals surface area contributed by atoms with E-state index in [1.165, 1.54) is 43.2 Å². The summed E-state index contributed by atoms with van der Waals surface area (Å²) in [6.07, 6.45) is 9.01. The second-order valence-electron chi connectivity index (χ2n) is 9.18. The number of methoxy groups -OCH3 is 1. The SMILES string of the molecule is CCCCOC(=O)Oc1ccc2c(c1)CC[C@@H]1[C@H]3CC[C@@H](OC)[C@]3(C)CC[C@@H]21. The second-order valence-corrected chi connectivity index (χ2v) is 9.18. The minimum Gasteiger partial charge on any atom is -0.434 e. The molecule has 0 spiro atoms. The average molecular weight is 387 g/mol. The molecule has 3 aliphatic carbocycles. The molecule has 0 heterocycles. The first-order valence-corrected chi connectivity index (χ1v) is 11.1. The normalized spacial score (nSPS) is 33.5. The molecular formula is C24H34O4. The maximum absolute atomic E-state index is 11.8. The molecule has 0 unspecified atom stereocenters. The first-order chi connectivity index (χ1) is 13.6. The Labute approximate surface area is 168 Å². The van der Waals surface area contributed by atoms with E-state index < -0.39 is 6.16 Å². The zero-order valence-corrected chi connectivity index (χ0v) is 17.5. The van der Waals surface area contributed by atoms with Crippen molar-refractivity contribution in [2.75, 3.05) is 13.7 Å². The Hall–Kier alpha value is -1.55. The van der Waals surface area contributed by atoms with E-state index in [1.807, 2.05) is 13.2 Å². The summed E-state index contributed by atoms with van der Waals surface area (Å²) >= 11 is 0. The number of carbonyl (C=O) groups is 1. The van der Waals surface area contributed by atoms with Crippen molar-refractivity contribution in [3.8, 4) is 5.75 Å². The van der Waals surface area contributed by atoms with Crippen molar-refractivity contribution in [2.45, 2.75) is 77.2 Å². The molecule has 3 aliphatic rings. The van der Waals surface area contributed by atoms with E-state index >= 15 is 0 Å². The summed E-state index contributed by atoms with van der Waals surface area (Å²) in [7, 11) is 1.88. The van der Waals surface area contributed by atoms with Crippen molar-refractivity contribution < 1.29 is 19.0 Å². The summed E-state index contributed by atoms with van der Waals surface area (Å²) in [6.45, 7) is 4.96. The molecule has 0 bridgehead atoms. The Morgan fingerprint density at radius 3 is 2.86 bits per heavy atom. The van der Waals surface area contributed by atoms with Crippen LogP contribution in [0.5, 0.6) is 5.75 Å². The van der Waals surface area contributed by atoms with Crippen LogP contribution in [0.25, 0.3) is 0 Å². The van der Waals surface area contributed by atoms with Gasteiger partial charge in [-0.15, -0.1) is 0 Å². The minimum atomic E-state index is -0.591. The van der Waals surface area contributed by atoms with E-state index in [4.69, 9.17) is 14.2 Å². The van der Waals surface area contributed by atoms with Gasteiger partial charge in [0.2, 0.25) is 0 Å². The molecule has 4 rings (SSSR count). The van der Waals surface area contributed by atoms with Crippen LogP contribution in [0, 0.1) is 17.3 Å². The van der Waals surface area contributed by atoms with E-state index in [-0.39, 0.29) is 0 Å². The smallest absolute Gasteiger partial charge is 0.434 e. The van der Waals surface area contributed by atoms with Crippen LogP contribution in [-0.2, 0) is 15.9 Å². The summed E-state index contributed by atoms with van der Waals surface area (Å²) in [4.78, 5) is 11.8. The maximum Gasteiger partial charge on any atom is 0.513 e. The highest BCUT2D eigenvalue weighted by Gasteiger charge is 2.54. The van der Waals surface area contributed by atoms with Crippen molar-refractivity contribution in [2.24, 2.45) is 17.3 Å². The van der Waals surface area contributed by atoms with Gasteiger partial charge in [-0.3, -0.25) is 0 Å². The molecule has 4 heteroatoms. The maximum atomic E-state index is 11.8. The first kappa shape index (κ1) is 19.8. The Bertz CT molecular complexity index is 715. The number of hydrogen-bond acceptors (Lipinski definition) is 4. The summed E-state index contributed by atoms with van der Waals surface area (Å²) in [6, 6.07) is 6.21. The van der Waals surface area contributed by atoms with Crippen molar-refractivity contribution in [3.05, 3.63) is 29.3 Å². The van der Waals surface area contributed by atoms with Crippen LogP contribution in [-0.4, -0.2) is 26.0 Å². The quantitative estimate of drug-likeness (QED) is 0.360. The average Bonchev–Trinajstić information content (AvgIpc) is 3.04. The number of unbranched alkanes of at least 4 members (excludes halogenated alkanes) is 1. The molecule has 0 aromatic heterocycles. The van der Waals surface area contributed by atoms with Gasteiger partial charge in [-0.2, -0.15) is 0 Å². The summed E-state index contributed by atoms with van der Waals surface area (Å²) < 4.78 is 16.4. The van der Waals surface area contributed by atoms with Gasteiger partial charge in [0.15, 0.2) is 0 Å². The van der Waals surface area contributed by atoms with Gasteiger partial charge >= 0.3 is 6.16 Å². The van der Waals surface area contributed by atoms with E-state index in [0.717, 1.165) is 31.1 Å². The van der Waals surface area contributed by atoms with Crippen LogP contribution >= 0.6 is 0 Å². The number of benzene rings is 1. The molecule has 5 atom stereocenters. The highest BCUT2D eigenvalue weighted by atomic mass is 16.7. The fourth-order valence-electron chi connectivity index (χ4n) is 6.39. The molecule has 0 aliphatic heterocycles. The molecule has 4 nitrogen and oxygen atoms in total. The van der Waals surface area contributed by atoms with E-state index in [0.29, 0.717) is 29.8 Å². The molecule has 0 saturated heterocycles. The van der Waals surface area contributed by atoms with Crippen molar-refractivity contribution in [3.63, 3.8) is 0 Å². The topological polar surface area (TPSA) is 44.8 Å². The van der Waals surface area contributed by atoms with Gasteiger partial charge in [-0.25, -0.2) is 4.79 Å². The third kappa shape index (κ3) is 3.45. The lowest BCUT2D eigenvalue weighted by molar-refractivity contribution is -0.0444. The monoisotopic (exact) mass is 386 g/mol. The number of fused-ring (bicyclic) bond motifs is 5. The standard InChI is InChI=1S/C24H34O4/c1-4-5-14-27-23(25)28-17-7-9-18-16(15-17)6-8-20-19(18)12-13-24(2)21(20)10-11-22(24)26-3/h7,9,15,19-22H,4-6,8,10-14H2,1-3H3/t19-,20-,21+,22+,24+/m0/s1. The predicted molar refractivity (Wildman–Crippen MR) is 109 cm³/mol. The molecule has 0 N–H and O–H groups in total. The van der Waals surface area contributed by atoms with Gasteiger partial charge in [-0.05, 0) is 91.4 Å². The van der Waals surface area contributed by atoms with Gasteiger partial charge in [0.05, 0.1) is 12.7 Å². The molecule has 2 fully saturated rings. The third-order valence-corrected chi connectivity index (χ3v) is 7.81. The van der Waals surface area contributed by atoms with Crippen LogP contribution < -0.4 is 4.74 Å². The predicted octanol–water partition coefficient (Wildman–Crippen LogP) is 5.87. The van der Waals surface area contributed by atoms with Gasteiger partial charge in [-0.1, -0.05) is 26.3 Å². The lowest BCUT2D eigenvalue weighted by atomic mass is 9.55. The Balaban J connectivity index is 1.47. The van der Waals surface area contributed by atoms with Crippen LogP contribution in [0.2, 0.25) is 0 Å². The van der Waals surface area contributed by atoms with Crippen molar-refractivity contribution in [1.29, 1.82) is 0 Å². The summed E-state index contributed by atoms with van der Waals surface area (Å²) in [5.41, 5.74) is 3.18. The molecule has 1 aromatic carbocycles. The van der Waals surface area contributed by atoms with Crippen LogP contribution in [0.4, 0.5) is 4.79 Å². The number of rotatable bonds is 5. The van der Waals surface area contributed by atoms with E-state index in [9.17, 15) is 4.79 Å². The third-order valence-electron chi connectivity index (χ3n) is 7.81. The fraction of sp³-hybridized carbons (Fsp3) is 0.708. The van der Waals surface area contributed by atoms with Gasteiger partial charge in [0.25, 0.3) is 0 Å². The van der Waals surface area contributed by atoms with Crippen LogP contribution in [0.1, 0.15) is 75.8 Å². The summed E-state index contributed by atoms with van der Waals surface area (Å²) in [5, 5.41) is 0. The zero-order valence-electron chi connectivity index (χ0n) is 17.5. The van der Waals surface area contributed by atoms with Gasteiger partial charge in [0, 0.05) is 7.11 Å². The minimum absolute atomic E-state index is 0.346. The number of carbonyl (C=O) groups excluding carboxylic acids is 1. The molecule has 2 saturated carbocycles.